The van der Waals surface area contributed by atoms with Crippen LogP contribution in [0.3, 0.4) is 0 Å². The molecule has 1 fully saturated rings. The zero-order valence-electron chi connectivity index (χ0n) is 9.77. The van der Waals surface area contributed by atoms with Crippen molar-refractivity contribution in [2.24, 2.45) is 17.6 Å². The number of nitrogens with two attached hydrogens (primary N) is 1. The van der Waals surface area contributed by atoms with E-state index in [2.05, 4.69) is 0 Å². The molecule has 0 aliphatic carbocycles. The number of hydrogen-bond donors (Lipinski definition) is 1. The fourth-order valence-electron chi connectivity index (χ4n) is 2.06. The first kappa shape index (κ1) is 12.7. The third-order valence-electron chi connectivity index (χ3n) is 3.21. The van der Waals surface area contributed by atoms with Gasteiger partial charge in [-0.05, 0) is 54.7 Å². The standard InChI is InChI=1S/C13H18FNOS/c14-12-1-3-13(4-2-12)16-8-11(7-15)10-5-6-17-9-10/h1-4,10-11H,5-9,15H2. The van der Waals surface area contributed by atoms with Crippen LogP contribution in [0.1, 0.15) is 6.42 Å². The normalized spacial score (nSPS) is 21.4. The highest BCUT2D eigenvalue weighted by atomic mass is 32.2. The Balaban J connectivity index is 1.84. The summed E-state index contributed by atoms with van der Waals surface area (Å²) in [5.74, 6) is 3.99. The van der Waals surface area contributed by atoms with E-state index in [0.717, 1.165) is 5.75 Å². The van der Waals surface area contributed by atoms with E-state index in [9.17, 15) is 4.39 Å². The SMILES string of the molecule is NCC(COc1ccc(F)cc1)C1CCSC1. The first-order valence-electron chi connectivity index (χ1n) is 5.96. The Morgan fingerprint density at radius 3 is 2.76 bits per heavy atom. The van der Waals surface area contributed by atoms with E-state index >= 15 is 0 Å². The summed E-state index contributed by atoms with van der Waals surface area (Å²) < 4.78 is 18.4. The third-order valence-corrected chi connectivity index (χ3v) is 4.40. The van der Waals surface area contributed by atoms with E-state index in [1.54, 1.807) is 12.1 Å². The van der Waals surface area contributed by atoms with E-state index in [4.69, 9.17) is 10.5 Å². The smallest absolute Gasteiger partial charge is 0.123 e. The van der Waals surface area contributed by atoms with Crippen molar-refractivity contribution in [1.29, 1.82) is 0 Å². The lowest BCUT2D eigenvalue weighted by Crippen LogP contribution is -2.29. The Morgan fingerprint density at radius 2 is 2.18 bits per heavy atom. The van der Waals surface area contributed by atoms with Crippen LogP contribution in [0, 0.1) is 17.7 Å². The molecule has 1 aromatic carbocycles. The Hall–Kier alpha value is -0.740. The number of thioether (sulfide) groups is 1. The molecule has 0 bridgehead atoms. The zero-order valence-corrected chi connectivity index (χ0v) is 10.6. The molecule has 2 atom stereocenters. The number of halogens is 1. The lowest BCUT2D eigenvalue weighted by atomic mass is 9.93. The van der Waals surface area contributed by atoms with Gasteiger partial charge in [0, 0.05) is 5.92 Å². The molecule has 94 valence electrons. The number of ether oxygens (including phenoxy) is 1. The molecule has 1 aliphatic heterocycles. The fraction of sp³-hybridized carbons (Fsp3) is 0.538. The largest absolute Gasteiger partial charge is 0.493 e. The van der Waals surface area contributed by atoms with Crippen LogP contribution in [0.2, 0.25) is 0 Å². The molecular weight excluding hydrogens is 237 g/mol. The Kier molecular flexibility index (Phi) is 4.68. The maximum absolute atomic E-state index is 12.7. The summed E-state index contributed by atoms with van der Waals surface area (Å²) in [5, 5.41) is 0. The van der Waals surface area contributed by atoms with Crippen molar-refractivity contribution in [3.8, 4) is 5.75 Å². The average Bonchev–Trinajstić information content (AvgIpc) is 2.86. The van der Waals surface area contributed by atoms with E-state index in [1.807, 2.05) is 11.8 Å². The molecule has 0 aromatic heterocycles. The van der Waals surface area contributed by atoms with Crippen LogP contribution in [-0.2, 0) is 0 Å². The minimum Gasteiger partial charge on any atom is -0.493 e. The zero-order chi connectivity index (χ0) is 12.1. The highest BCUT2D eigenvalue weighted by Crippen LogP contribution is 2.29. The summed E-state index contributed by atoms with van der Waals surface area (Å²) in [4.78, 5) is 0. The van der Waals surface area contributed by atoms with Crippen LogP contribution >= 0.6 is 11.8 Å². The van der Waals surface area contributed by atoms with E-state index in [0.29, 0.717) is 25.0 Å². The summed E-state index contributed by atoms with van der Waals surface area (Å²) in [6.45, 7) is 1.29. The van der Waals surface area contributed by atoms with E-state index in [-0.39, 0.29) is 5.82 Å². The van der Waals surface area contributed by atoms with Gasteiger partial charge in [0.05, 0.1) is 6.61 Å². The fourth-order valence-corrected chi connectivity index (χ4v) is 3.43. The van der Waals surface area contributed by atoms with Gasteiger partial charge in [-0.15, -0.1) is 0 Å². The topological polar surface area (TPSA) is 35.2 Å². The van der Waals surface area contributed by atoms with Crippen molar-refractivity contribution in [3.05, 3.63) is 30.1 Å². The molecule has 1 saturated heterocycles. The first-order chi connectivity index (χ1) is 8.29. The summed E-state index contributed by atoms with van der Waals surface area (Å²) in [7, 11) is 0. The molecular formula is C13H18FNOS. The van der Waals surface area contributed by atoms with Crippen molar-refractivity contribution >= 4 is 11.8 Å². The number of benzene rings is 1. The van der Waals surface area contributed by atoms with Gasteiger partial charge in [0.2, 0.25) is 0 Å². The van der Waals surface area contributed by atoms with Crippen molar-refractivity contribution in [3.63, 3.8) is 0 Å². The maximum Gasteiger partial charge on any atom is 0.123 e. The summed E-state index contributed by atoms with van der Waals surface area (Å²) >= 11 is 1.99. The van der Waals surface area contributed by atoms with Crippen LogP contribution in [0.25, 0.3) is 0 Å². The summed E-state index contributed by atoms with van der Waals surface area (Å²) in [6.07, 6.45) is 1.24. The molecule has 2 N–H and O–H groups in total. The Morgan fingerprint density at radius 1 is 1.41 bits per heavy atom. The molecule has 1 aliphatic rings. The number of hydrogen-bond acceptors (Lipinski definition) is 3. The van der Waals surface area contributed by atoms with Crippen molar-refractivity contribution < 1.29 is 9.13 Å². The van der Waals surface area contributed by atoms with Gasteiger partial charge >= 0.3 is 0 Å². The van der Waals surface area contributed by atoms with Gasteiger partial charge in [0.1, 0.15) is 11.6 Å². The maximum atomic E-state index is 12.7. The van der Waals surface area contributed by atoms with Gasteiger partial charge in [-0.1, -0.05) is 0 Å². The monoisotopic (exact) mass is 255 g/mol. The minimum absolute atomic E-state index is 0.236. The third kappa shape index (κ3) is 3.61. The van der Waals surface area contributed by atoms with Crippen molar-refractivity contribution in [2.75, 3.05) is 24.7 Å². The quantitative estimate of drug-likeness (QED) is 0.878. The Labute approximate surface area is 106 Å². The first-order valence-corrected chi connectivity index (χ1v) is 7.11. The molecule has 0 amide bonds. The van der Waals surface area contributed by atoms with Gasteiger partial charge < -0.3 is 10.5 Å². The second-order valence-electron chi connectivity index (χ2n) is 4.38. The van der Waals surface area contributed by atoms with Crippen LogP contribution < -0.4 is 10.5 Å². The van der Waals surface area contributed by atoms with Gasteiger partial charge in [0.15, 0.2) is 0 Å². The Bertz CT molecular complexity index is 338. The molecule has 0 spiro atoms. The molecule has 0 radical (unpaired) electrons. The highest BCUT2D eigenvalue weighted by Gasteiger charge is 2.24. The summed E-state index contributed by atoms with van der Waals surface area (Å²) in [5.41, 5.74) is 5.79. The van der Waals surface area contributed by atoms with Crippen LogP contribution in [0.4, 0.5) is 4.39 Å². The van der Waals surface area contributed by atoms with Gasteiger partial charge in [-0.2, -0.15) is 11.8 Å². The van der Waals surface area contributed by atoms with E-state index in [1.165, 1.54) is 30.1 Å². The minimum atomic E-state index is -0.236. The van der Waals surface area contributed by atoms with Gasteiger partial charge in [-0.3, -0.25) is 0 Å². The lowest BCUT2D eigenvalue weighted by molar-refractivity contribution is 0.209. The molecule has 2 unspecified atom stereocenters. The second kappa shape index (κ2) is 6.26. The molecule has 17 heavy (non-hydrogen) atoms. The predicted octanol–water partition coefficient (Wildman–Crippen LogP) is 2.53. The van der Waals surface area contributed by atoms with Crippen molar-refractivity contribution in [1.82, 2.24) is 0 Å². The van der Waals surface area contributed by atoms with Crippen LogP contribution in [0.5, 0.6) is 5.75 Å². The highest BCUT2D eigenvalue weighted by molar-refractivity contribution is 7.99. The number of rotatable bonds is 5. The van der Waals surface area contributed by atoms with Crippen LogP contribution in [-0.4, -0.2) is 24.7 Å². The molecule has 0 saturated carbocycles. The van der Waals surface area contributed by atoms with E-state index < -0.39 is 0 Å². The molecule has 1 heterocycles. The molecule has 1 aromatic rings. The predicted molar refractivity (Wildman–Crippen MR) is 69.9 cm³/mol. The molecule has 4 heteroatoms. The lowest BCUT2D eigenvalue weighted by Gasteiger charge is -2.21. The van der Waals surface area contributed by atoms with Crippen molar-refractivity contribution in [2.45, 2.75) is 6.42 Å². The van der Waals surface area contributed by atoms with Gasteiger partial charge in [0.25, 0.3) is 0 Å². The average molecular weight is 255 g/mol. The summed E-state index contributed by atoms with van der Waals surface area (Å²) in [6, 6.07) is 6.15. The second-order valence-corrected chi connectivity index (χ2v) is 5.53. The van der Waals surface area contributed by atoms with Gasteiger partial charge in [-0.25, -0.2) is 4.39 Å². The van der Waals surface area contributed by atoms with Crippen LogP contribution in [0.15, 0.2) is 24.3 Å². The molecule has 2 nitrogen and oxygen atoms in total. The molecule has 2 rings (SSSR count).